The maximum atomic E-state index is 13.0. The minimum absolute atomic E-state index is 0.141. The van der Waals surface area contributed by atoms with Crippen LogP contribution >= 0.6 is 0 Å². The number of amides is 1. The van der Waals surface area contributed by atoms with Crippen molar-refractivity contribution in [1.29, 1.82) is 0 Å². The third-order valence-electron chi connectivity index (χ3n) is 3.71. The molecule has 1 amide bonds. The van der Waals surface area contributed by atoms with Crippen LogP contribution in [0.5, 0.6) is 0 Å². The molecule has 122 valence electrons. The minimum atomic E-state index is -0.233. The van der Waals surface area contributed by atoms with Gasteiger partial charge in [-0.05, 0) is 36.2 Å². The Morgan fingerprint density at radius 3 is 2.70 bits per heavy atom. The highest BCUT2D eigenvalue weighted by molar-refractivity contribution is 5.76. The Morgan fingerprint density at radius 2 is 2.04 bits per heavy atom. The van der Waals surface area contributed by atoms with E-state index in [0.717, 1.165) is 17.7 Å². The highest BCUT2D eigenvalue weighted by Crippen LogP contribution is 2.12. The molecule has 0 unspecified atom stereocenters. The van der Waals surface area contributed by atoms with Crippen molar-refractivity contribution in [2.24, 2.45) is 0 Å². The fourth-order valence-electron chi connectivity index (χ4n) is 2.51. The Kier molecular flexibility index (Phi) is 6.15. The van der Waals surface area contributed by atoms with E-state index in [4.69, 9.17) is 0 Å². The van der Waals surface area contributed by atoms with Gasteiger partial charge in [0.15, 0.2) is 0 Å². The van der Waals surface area contributed by atoms with E-state index in [0.29, 0.717) is 26.1 Å². The monoisotopic (exact) mass is 314 g/mol. The van der Waals surface area contributed by atoms with Gasteiger partial charge in [-0.15, -0.1) is 6.58 Å². The van der Waals surface area contributed by atoms with Gasteiger partial charge < -0.3 is 9.47 Å². The lowest BCUT2D eigenvalue weighted by atomic mass is 10.2. The molecule has 1 aromatic carbocycles. The predicted molar refractivity (Wildman–Crippen MR) is 90.5 cm³/mol. The molecule has 0 aliphatic carbocycles. The van der Waals surface area contributed by atoms with Gasteiger partial charge in [0.05, 0.1) is 6.54 Å². The van der Waals surface area contributed by atoms with Gasteiger partial charge in [0, 0.05) is 31.4 Å². The van der Waals surface area contributed by atoms with Crippen LogP contribution in [0.3, 0.4) is 0 Å². The second-order valence-corrected chi connectivity index (χ2v) is 5.57. The smallest absolute Gasteiger partial charge is 0.223 e. The first-order valence-electron chi connectivity index (χ1n) is 7.91. The Balaban J connectivity index is 2.10. The van der Waals surface area contributed by atoms with Crippen molar-refractivity contribution < 1.29 is 9.18 Å². The van der Waals surface area contributed by atoms with Crippen LogP contribution in [-0.4, -0.2) is 21.9 Å². The molecule has 0 N–H and O–H groups in total. The average Bonchev–Trinajstić information content (AvgIpc) is 2.96. The van der Waals surface area contributed by atoms with Crippen molar-refractivity contribution in [3.63, 3.8) is 0 Å². The molecule has 3 nitrogen and oxygen atoms in total. The zero-order chi connectivity index (χ0) is 16.7. The summed E-state index contributed by atoms with van der Waals surface area (Å²) in [6, 6.07) is 10.5. The first-order chi connectivity index (χ1) is 11.1. The molecule has 0 saturated carbocycles. The quantitative estimate of drug-likeness (QED) is 0.676. The summed E-state index contributed by atoms with van der Waals surface area (Å²) < 4.78 is 15.1. The minimum Gasteiger partial charge on any atom is -0.345 e. The van der Waals surface area contributed by atoms with Crippen LogP contribution < -0.4 is 0 Å². The van der Waals surface area contributed by atoms with Crippen LogP contribution in [-0.2, 0) is 17.9 Å². The molecule has 1 aromatic heterocycles. The lowest BCUT2D eigenvalue weighted by Gasteiger charge is -2.22. The molecule has 4 heteroatoms. The number of nitrogens with zero attached hydrogens (tertiary/aromatic N) is 2. The zero-order valence-corrected chi connectivity index (χ0v) is 13.5. The maximum Gasteiger partial charge on any atom is 0.223 e. The van der Waals surface area contributed by atoms with Crippen LogP contribution in [0, 0.1) is 5.82 Å². The summed E-state index contributed by atoms with van der Waals surface area (Å²) >= 11 is 0. The third kappa shape index (κ3) is 4.81. The Labute approximate surface area is 137 Å². The second-order valence-electron chi connectivity index (χ2n) is 5.57. The van der Waals surface area contributed by atoms with E-state index in [1.54, 1.807) is 18.2 Å². The number of carbonyl (C=O) groups is 1. The number of hydrogen-bond acceptors (Lipinski definition) is 1. The van der Waals surface area contributed by atoms with Gasteiger partial charge in [-0.3, -0.25) is 4.79 Å². The highest BCUT2D eigenvalue weighted by Gasteiger charge is 2.13. The third-order valence-corrected chi connectivity index (χ3v) is 3.71. The van der Waals surface area contributed by atoms with Gasteiger partial charge in [-0.2, -0.15) is 0 Å². The van der Waals surface area contributed by atoms with Crippen molar-refractivity contribution in [1.82, 2.24) is 9.47 Å². The Morgan fingerprint density at radius 1 is 1.30 bits per heavy atom. The number of carbonyl (C=O) groups excluding carboxylic acids is 1. The number of aromatic nitrogens is 1. The molecule has 0 bridgehead atoms. The molecule has 23 heavy (non-hydrogen) atoms. The van der Waals surface area contributed by atoms with Gasteiger partial charge in [0.1, 0.15) is 5.82 Å². The van der Waals surface area contributed by atoms with E-state index in [9.17, 15) is 9.18 Å². The van der Waals surface area contributed by atoms with Gasteiger partial charge >= 0.3 is 0 Å². The van der Waals surface area contributed by atoms with Crippen molar-refractivity contribution in [2.45, 2.75) is 32.9 Å². The number of halogens is 1. The summed E-state index contributed by atoms with van der Waals surface area (Å²) in [5.74, 6) is -0.0919. The van der Waals surface area contributed by atoms with Crippen LogP contribution in [0.25, 0.3) is 0 Å². The van der Waals surface area contributed by atoms with Gasteiger partial charge in [-0.25, -0.2) is 4.39 Å². The molecule has 0 spiro atoms. The summed E-state index contributed by atoms with van der Waals surface area (Å²) in [4.78, 5) is 14.0. The topological polar surface area (TPSA) is 25.2 Å². The summed E-state index contributed by atoms with van der Waals surface area (Å²) in [6.45, 7) is 7.49. The largest absolute Gasteiger partial charge is 0.345 e. The molecule has 0 aliphatic heterocycles. The van der Waals surface area contributed by atoms with Gasteiger partial charge in [0.2, 0.25) is 5.91 Å². The molecule has 0 aliphatic rings. The standard InChI is InChI=1S/C19H23FN2O/c1-3-6-19(23)22(12-4-2)15-18-7-5-13-21(18)14-16-8-10-17(20)11-9-16/h4-5,7-11,13H,2-3,6,12,14-15H2,1H3. The van der Waals surface area contributed by atoms with Crippen molar-refractivity contribution in [3.05, 3.63) is 72.3 Å². The molecule has 2 aromatic rings. The van der Waals surface area contributed by atoms with Crippen LogP contribution in [0.1, 0.15) is 31.0 Å². The lowest BCUT2D eigenvalue weighted by molar-refractivity contribution is -0.131. The molecule has 0 fully saturated rings. The molecular formula is C19H23FN2O. The summed E-state index contributed by atoms with van der Waals surface area (Å²) in [5.41, 5.74) is 2.08. The van der Waals surface area contributed by atoms with E-state index < -0.39 is 0 Å². The van der Waals surface area contributed by atoms with Crippen LogP contribution in [0.15, 0.2) is 55.3 Å². The molecular weight excluding hydrogens is 291 g/mol. The number of benzene rings is 1. The van der Waals surface area contributed by atoms with E-state index >= 15 is 0 Å². The van der Waals surface area contributed by atoms with Crippen molar-refractivity contribution >= 4 is 5.91 Å². The van der Waals surface area contributed by atoms with Gasteiger partial charge in [-0.1, -0.05) is 25.1 Å². The molecule has 0 saturated heterocycles. The normalized spacial score (nSPS) is 10.5. The summed E-state index contributed by atoms with van der Waals surface area (Å²) in [5, 5.41) is 0. The fraction of sp³-hybridized carbons (Fsp3) is 0.316. The number of hydrogen-bond donors (Lipinski definition) is 0. The Hall–Kier alpha value is -2.36. The molecule has 0 radical (unpaired) electrons. The maximum absolute atomic E-state index is 13.0. The molecule has 0 atom stereocenters. The highest BCUT2D eigenvalue weighted by atomic mass is 19.1. The molecule has 1 heterocycles. The fourth-order valence-corrected chi connectivity index (χ4v) is 2.51. The predicted octanol–water partition coefficient (Wildman–Crippen LogP) is 3.99. The first kappa shape index (κ1) is 17.0. The SMILES string of the molecule is C=CCN(Cc1cccn1Cc1ccc(F)cc1)C(=O)CCC. The Bertz CT molecular complexity index is 646. The van der Waals surface area contributed by atoms with E-state index in [2.05, 4.69) is 11.1 Å². The summed E-state index contributed by atoms with van der Waals surface area (Å²) in [7, 11) is 0. The van der Waals surface area contributed by atoms with Crippen LogP contribution in [0.4, 0.5) is 4.39 Å². The average molecular weight is 314 g/mol. The number of rotatable bonds is 8. The van der Waals surface area contributed by atoms with Gasteiger partial charge in [0.25, 0.3) is 0 Å². The van der Waals surface area contributed by atoms with E-state index in [-0.39, 0.29) is 11.7 Å². The van der Waals surface area contributed by atoms with E-state index in [1.807, 2.05) is 30.2 Å². The molecule has 2 rings (SSSR count). The van der Waals surface area contributed by atoms with Crippen molar-refractivity contribution in [3.8, 4) is 0 Å². The van der Waals surface area contributed by atoms with E-state index in [1.165, 1.54) is 12.1 Å². The van der Waals surface area contributed by atoms with Crippen molar-refractivity contribution in [2.75, 3.05) is 6.54 Å². The second kappa shape index (κ2) is 8.32. The lowest BCUT2D eigenvalue weighted by Crippen LogP contribution is -2.31. The zero-order valence-electron chi connectivity index (χ0n) is 13.5. The first-order valence-corrected chi connectivity index (χ1v) is 7.91. The summed E-state index contributed by atoms with van der Waals surface area (Å²) in [6.07, 6.45) is 5.12. The van der Waals surface area contributed by atoms with Crippen LogP contribution in [0.2, 0.25) is 0 Å².